The topological polar surface area (TPSA) is 61.8 Å². The van der Waals surface area contributed by atoms with Gasteiger partial charge < -0.3 is 14.5 Å². The molecule has 0 radical (unpaired) electrons. The van der Waals surface area contributed by atoms with Crippen LogP contribution in [0.2, 0.25) is 5.15 Å². The molecule has 0 saturated carbocycles. The summed E-state index contributed by atoms with van der Waals surface area (Å²) in [7, 11) is 0. The van der Waals surface area contributed by atoms with Gasteiger partial charge in [0.05, 0.1) is 12.2 Å². The molecule has 2 atom stereocenters. The van der Waals surface area contributed by atoms with Crippen molar-refractivity contribution in [2.75, 3.05) is 50.7 Å². The average Bonchev–Trinajstić information content (AvgIpc) is 2.96. The van der Waals surface area contributed by atoms with Gasteiger partial charge >= 0.3 is 0 Å². The number of hydrogen-bond acceptors (Lipinski definition) is 7. The number of carbonyl (C=O) groups is 1. The van der Waals surface area contributed by atoms with E-state index in [9.17, 15) is 4.79 Å². The van der Waals surface area contributed by atoms with Gasteiger partial charge in [0.15, 0.2) is 5.16 Å². The Morgan fingerprint density at radius 3 is 2.50 bits per heavy atom. The van der Waals surface area contributed by atoms with E-state index in [0.717, 1.165) is 44.1 Å². The third-order valence-corrected chi connectivity index (χ3v) is 8.19. The number of nitrogens with zero attached hydrogens (tertiary/aromatic N) is 5. The first kappa shape index (κ1) is 28.6. The number of rotatable bonds is 8. The van der Waals surface area contributed by atoms with Gasteiger partial charge in [0.2, 0.25) is 0 Å². The number of benzene rings is 2. The van der Waals surface area contributed by atoms with Crippen LogP contribution in [0.3, 0.4) is 0 Å². The lowest BCUT2D eigenvalue weighted by Gasteiger charge is -2.35. The molecule has 1 aromatic heterocycles. The van der Waals surface area contributed by atoms with Gasteiger partial charge in [-0.25, -0.2) is 9.97 Å². The van der Waals surface area contributed by atoms with Crippen LogP contribution in [-0.2, 0) is 10.5 Å². The molecule has 0 bridgehead atoms. The predicted molar refractivity (Wildman–Crippen MR) is 163 cm³/mol. The largest absolute Gasteiger partial charge is 0.372 e. The van der Waals surface area contributed by atoms with E-state index < -0.39 is 0 Å². The van der Waals surface area contributed by atoms with E-state index in [0.29, 0.717) is 34.7 Å². The molecular weight excluding hydrogens is 542 g/mol. The molecule has 3 heterocycles. The van der Waals surface area contributed by atoms with Gasteiger partial charge in [-0.15, -0.1) is 0 Å². The maximum absolute atomic E-state index is 13.1. The number of amides is 1. The van der Waals surface area contributed by atoms with Crippen molar-refractivity contribution in [1.82, 2.24) is 19.8 Å². The van der Waals surface area contributed by atoms with Gasteiger partial charge in [-0.3, -0.25) is 9.69 Å². The lowest BCUT2D eigenvalue weighted by molar-refractivity contribution is -0.0586. The maximum atomic E-state index is 13.1. The highest BCUT2D eigenvalue weighted by Gasteiger charge is 2.26. The Labute approximate surface area is 246 Å². The summed E-state index contributed by atoms with van der Waals surface area (Å²) in [6.07, 6.45) is 4.49. The molecule has 210 valence electrons. The Balaban J connectivity index is 1.15. The number of piperazine rings is 1. The fraction of sp³-hybridized carbons (Fsp3) is 0.387. The quantitative estimate of drug-likeness (QED) is 0.199. The highest BCUT2D eigenvalue weighted by Crippen LogP contribution is 2.26. The molecule has 9 heteroatoms. The third-order valence-electron chi connectivity index (χ3n) is 7.08. The molecule has 2 aliphatic rings. The highest BCUT2D eigenvalue weighted by molar-refractivity contribution is 7.98. The van der Waals surface area contributed by atoms with Crippen molar-refractivity contribution in [2.24, 2.45) is 0 Å². The van der Waals surface area contributed by atoms with Crippen molar-refractivity contribution in [3.8, 4) is 0 Å². The Hall–Kier alpha value is -2.91. The first-order chi connectivity index (χ1) is 19.4. The molecule has 0 aliphatic carbocycles. The standard InChI is InChI=1S/C31H36ClN5O2S/c1-23-20-37(21-24(2)39-23)30(38)27-12-6-10-26(18-27)22-40-31-33-28(32)19-29(34-31)36-16-14-35(15-17-36)13-7-11-25-8-4-3-5-9-25/h3-12,18-19,23-24H,13-17,20-22H2,1-2H3. The van der Waals surface area contributed by atoms with Gasteiger partial charge in [0.25, 0.3) is 5.91 Å². The molecule has 40 heavy (non-hydrogen) atoms. The first-order valence-electron chi connectivity index (χ1n) is 13.8. The van der Waals surface area contributed by atoms with Crippen LogP contribution in [0.5, 0.6) is 0 Å². The summed E-state index contributed by atoms with van der Waals surface area (Å²) in [6, 6.07) is 20.1. The molecule has 2 aliphatic heterocycles. The first-order valence-corrected chi connectivity index (χ1v) is 15.2. The van der Waals surface area contributed by atoms with E-state index >= 15 is 0 Å². The molecule has 2 fully saturated rings. The molecular formula is C31H36ClN5O2S. The van der Waals surface area contributed by atoms with Gasteiger partial charge in [-0.2, -0.15) is 0 Å². The van der Waals surface area contributed by atoms with Crippen LogP contribution < -0.4 is 4.90 Å². The number of anilines is 1. The van der Waals surface area contributed by atoms with Crippen molar-refractivity contribution < 1.29 is 9.53 Å². The van der Waals surface area contributed by atoms with Crippen LogP contribution in [0.15, 0.2) is 71.9 Å². The zero-order chi connectivity index (χ0) is 27.9. The number of aromatic nitrogens is 2. The number of carbonyl (C=O) groups excluding carboxylic acids is 1. The van der Waals surface area contributed by atoms with Gasteiger partial charge in [-0.05, 0) is 37.1 Å². The number of ether oxygens (including phenoxy) is 1. The van der Waals surface area contributed by atoms with E-state index in [2.05, 4.69) is 51.2 Å². The smallest absolute Gasteiger partial charge is 0.254 e. The molecule has 2 unspecified atom stereocenters. The van der Waals surface area contributed by atoms with Crippen LogP contribution in [-0.4, -0.2) is 83.7 Å². The van der Waals surface area contributed by atoms with E-state index in [4.69, 9.17) is 21.3 Å². The van der Waals surface area contributed by atoms with Crippen LogP contribution in [0.4, 0.5) is 5.82 Å². The van der Waals surface area contributed by atoms with Crippen LogP contribution >= 0.6 is 23.4 Å². The normalized spacial score (nSPS) is 20.3. The Bertz CT molecular complexity index is 1310. The predicted octanol–water partition coefficient (Wildman–Crippen LogP) is 5.51. The maximum Gasteiger partial charge on any atom is 0.254 e. The SMILES string of the molecule is CC1CN(C(=O)c2cccc(CSc3nc(Cl)cc(N4CCN(CC=Cc5ccccc5)CC4)n3)c2)CC(C)O1. The molecule has 2 aromatic carbocycles. The van der Waals surface area contributed by atoms with E-state index in [-0.39, 0.29) is 18.1 Å². The Kier molecular flexibility index (Phi) is 9.75. The second kappa shape index (κ2) is 13.6. The van der Waals surface area contributed by atoms with Crippen LogP contribution in [0.1, 0.15) is 35.3 Å². The van der Waals surface area contributed by atoms with Crippen LogP contribution in [0.25, 0.3) is 6.08 Å². The van der Waals surface area contributed by atoms with Crippen LogP contribution in [0, 0.1) is 0 Å². The number of thioether (sulfide) groups is 1. The Morgan fingerprint density at radius 2 is 1.75 bits per heavy atom. The summed E-state index contributed by atoms with van der Waals surface area (Å²) in [5, 5.41) is 1.09. The second-order valence-electron chi connectivity index (χ2n) is 10.4. The van der Waals surface area contributed by atoms with Crippen molar-refractivity contribution in [3.05, 3.63) is 88.6 Å². The number of hydrogen-bond donors (Lipinski definition) is 0. The van der Waals surface area contributed by atoms with Gasteiger partial charge in [-0.1, -0.05) is 78.0 Å². The summed E-state index contributed by atoms with van der Waals surface area (Å²) in [5.74, 6) is 1.56. The number of halogens is 1. The molecule has 7 nitrogen and oxygen atoms in total. The molecule has 0 spiro atoms. The minimum Gasteiger partial charge on any atom is -0.372 e. The monoisotopic (exact) mass is 577 g/mol. The fourth-order valence-corrected chi connectivity index (χ4v) is 6.17. The van der Waals surface area contributed by atoms with E-state index in [1.807, 2.05) is 55.1 Å². The van der Waals surface area contributed by atoms with Crippen molar-refractivity contribution in [2.45, 2.75) is 37.0 Å². The van der Waals surface area contributed by atoms with Crippen molar-refractivity contribution >= 4 is 41.2 Å². The average molecular weight is 578 g/mol. The molecule has 1 amide bonds. The minimum absolute atomic E-state index is 0.0417. The van der Waals surface area contributed by atoms with Crippen molar-refractivity contribution in [3.63, 3.8) is 0 Å². The minimum atomic E-state index is 0.0417. The summed E-state index contributed by atoms with van der Waals surface area (Å²) in [6.45, 7) is 9.87. The Morgan fingerprint density at radius 1 is 1.00 bits per heavy atom. The molecule has 5 rings (SSSR count). The second-order valence-corrected chi connectivity index (χ2v) is 11.7. The number of morpholine rings is 1. The van der Waals surface area contributed by atoms with Gasteiger partial charge in [0.1, 0.15) is 11.0 Å². The third kappa shape index (κ3) is 7.85. The molecule has 2 saturated heterocycles. The fourth-order valence-electron chi connectivity index (χ4n) is 5.14. The highest BCUT2D eigenvalue weighted by atomic mass is 35.5. The lowest BCUT2D eigenvalue weighted by Crippen LogP contribution is -2.48. The molecule has 3 aromatic rings. The zero-order valence-corrected chi connectivity index (χ0v) is 24.7. The van der Waals surface area contributed by atoms with Crippen molar-refractivity contribution in [1.29, 1.82) is 0 Å². The summed E-state index contributed by atoms with van der Waals surface area (Å²) in [4.78, 5) is 29.0. The molecule has 0 N–H and O–H groups in total. The van der Waals surface area contributed by atoms with E-state index in [1.54, 1.807) is 0 Å². The summed E-state index contributed by atoms with van der Waals surface area (Å²) in [5.41, 5.74) is 2.97. The van der Waals surface area contributed by atoms with Gasteiger partial charge in [0, 0.05) is 63.2 Å². The lowest BCUT2D eigenvalue weighted by atomic mass is 10.1. The van der Waals surface area contributed by atoms with E-state index in [1.165, 1.54) is 17.3 Å². The summed E-state index contributed by atoms with van der Waals surface area (Å²) >= 11 is 7.95. The summed E-state index contributed by atoms with van der Waals surface area (Å²) < 4.78 is 5.78. The zero-order valence-electron chi connectivity index (χ0n) is 23.1.